The Morgan fingerprint density at radius 2 is 1.73 bits per heavy atom. The van der Waals surface area contributed by atoms with Crippen molar-refractivity contribution >= 4 is 51.7 Å². The molecule has 0 spiro atoms. The van der Waals surface area contributed by atoms with E-state index in [-0.39, 0.29) is 16.7 Å². The molecule has 7 heteroatoms. The Balaban J connectivity index is 1.36. The summed E-state index contributed by atoms with van der Waals surface area (Å²) in [5.74, 6) is -0.634. The number of thioether (sulfide) groups is 1. The summed E-state index contributed by atoms with van der Waals surface area (Å²) in [6, 6.07) is 21.7. The van der Waals surface area contributed by atoms with Gasteiger partial charge >= 0.3 is 5.97 Å². The molecule has 37 heavy (non-hydrogen) atoms. The van der Waals surface area contributed by atoms with Gasteiger partial charge in [0.2, 0.25) is 0 Å². The van der Waals surface area contributed by atoms with E-state index in [1.165, 1.54) is 16.3 Å². The van der Waals surface area contributed by atoms with Gasteiger partial charge in [-0.25, -0.2) is 4.79 Å². The fourth-order valence-electron chi connectivity index (χ4n) is 6.39. The van der Waals surface area contributed by atoms with Crippen molar-refractivity contribution in [2.75, 3.05) is 0 Å². The van der Waals surface area contributed by atoms with Crippen molar-refractivity contribution in [2.24, 2.45) is 0 Å². The van der Waals surface area contributed by atoms with Crippen molar-refractivity contribution < 1.29 is 9.90 Å². The molecule has 3 aliphatic rings. The van der Waals surface area contributed by atoms with E-state index < -0.39 is 11.5 Å². The third-order valence-electron chi connectivity index (χ3n) is 8.23. The number of aliphatic carboxylic acids is 1. The van der Waals surface area contributed by atoms with Gasteiger partial charge in [0, 0.05) is 22.0 Å². The van der Waals surface area contributed by atoms with Gasteiger partial charge in [-0.15, -0.1) is 11.8 Å². The molecule has 2 aliphatic carbocycles. The van der Waals surface area contributed by atoms with Crippen LogP contribution >= 0.6 is 35.0 Å². The minimum absolute atomic E-state index is 0.0508. The van der Waals surface area contributed by atoms with Gasteiger partial charge in [-0.2, -0.15) is 0 Å². The van der Waals surface area contributed by atoms with Gasteiger partial charge in [-0.05, 0) is 82.8 Å². The molecule has 0 amide bonds. The number of rotatable bonds is 5. The number of fused-ring (bicyclic) bond motifs is 4. The van der Waals surface area contributed by atoms with E-state index in [9.17, 15) is 14.7 Å². The van der Waals surface area contributed by atoms with Crippen LogP contribution in [0.25, 0.3) is 10.8 Å². The summed E-state index contributed by atoms with van der Waals surface area (Å²) in [5, 5.41) is 14.4. The SMILES string of the molecule is O=C(O)C12C[C@@H](c3cc(Cl)cc(Cl)c3)C1Sc1c(C3CC3)c(Cc3cccc4ccccc34)cc(=O)n12. The summed E-state index contributed by atoms with van der Waals surface area (Å²) in [6.45, 7) is 0. The summed E-state index contributed by atoms with van der Waals surface area (Å²) >= 11 is 14.1. The quantitative estimate of drug-likeness (QED) is 0.286. The normalized spacial score (nSPS) is 23.9. The maximum atomic E-state index is 13.7. The van der Waals surface area contributed by atoms with Crippen LogP contribution in [0.2, 0.25) is 10.0 Å². The van der Waals surface area contributed by atoms with Crippen molar-refractivity contribution in [3.05, 3.63) is 109 Å². The van der Waals surface area contributed by atoms with Gasteiger partial charge in [0.05, 0.1) is 10.3 Å². The summed E-state index contributed by atoms with van der Waals surface area (Å²) in [5.41, 5.74) is 2.81. The minimum atomic E-state index is -1.25. The maximum absolute atomic E-state index is 13.7. The second-order valence-electron chi connectivity index (χ2n) is 10.4. The van der Waals surface area contributed by atoms with E-state index in [1.54, 1.807) is 28.5 Å². The van der Waals surface area contributed by atoms with Gasteiger partial charge in [-0.3, -0.25) is 9.36 Å². The van der Waals surface area contributed by atoms with E-state index in [2.05, 4.69) is 30.3 Å². The van der Waals surface area contributed by atoms with Crippen LogP contribution in [-0.4, -0.2) is 20.9 Å². The fourth-order valence-corrected chi connectivity index (χ4v) is 8.87. The third kappa shape index (κ3) is 3.51. The van der Waals surface area contributed by atoms with Crippen molar-refractivity contribution in [3.63, 3.8) is 0 Å². The molecule has 3 atom stereocenters. The second-order valence-corrected chi connectivity index (χ2v) is 12.4. The number of halogens is 2. The second kappa shape index (κ2) is 8.39. The molecule has 2 saturated carbocycles. The predicted octanol–water partition coefficient (Wildman–Crippen LogP) is 7.22. The molecule has 1 N–H and O–H groups in total. The highest BCUT2D eigenvalue weighted by Gasteiger charge is 2.66. The lowest BCUT2D eigenvalue weighted by Gasteiger charge is -2.48. The molecule has 0 radical (unpaired) electrons. The highest BCUT2D eigenvalue weighted by Crippen LogP contribution is 2.64. The molecule has 186 valence electrons. The Kier molecular flexibility index (Phi) is 5.30. The lowest BCUT2D eigenvalue weighted by molar-refractivity contribution is -0.153. The number of aromatic nitrogens is 1. The number of benzene rings is 3. The van der Waals surface area contributed by atoms with E-state index in [1.807, 2.05) is 24.3 Å². The van der Waals surface area contributed by atoms with Crippen LogP contribution in [0.4, 0.5) is 0 Å². The summed E-state index contributed by atoms with van der Waals surface area (Å²) in [6.07, 6.45) is 3.12. The summed E-state index contributed by atoms with van der Waals surface area (Å²) < 4.78 is 1.60. The molecular formula is C30H23Cl2NO3S. The molecule has 4 aromatic rings. The lowest BCUT2D eigenvalue weighted by Crippen LogP contribution is -2.61. The Morgan fingerprint density at radius 3 is 2.46 bits per heavy atom. The number of hydrogen-bond donors (Lipinski definition) is 1. The van der Waals surface area contributed by atoms with Crippen LogP contribution in [0.3, 0.4) is 0 Å². The standard InChI is InChI=1S/C30H23Cl2NO3S/c31-21-11-19(12-22(32)14-21)24-15-30(29(35)36)27(24)37-28-26(17-8-9-17)20(13-25(34)33(28)30)10-18-6-3-5-16-4-1-2-7-23(16)18/h1-7,11-14,17,24,27H,8-10,15H2,(H,35,36)/t24-,27?,30?/m0/s1. The lowest BCUT2D eigenvalue weighted by atomic mass is 9.64. The Morgan fingerprint density at radius 1 is 1.00 bits per heavy atom. The first-order chi connectivity index (χ1) is 17.9. The van der Waals surface area contributed by atoms with Crippen molar-refractivity contribution in [3.8, 4) is 0 Å². The van der Waals surface area contributed by atoms with Crippen LogP contribution in [0.15, 0.2) is 76.6 Å². The Hall–Kier alpha value is -2.73. The maximum Gasteiger partial charge on any atom is 0.331 e. The van der Waals surface area contributed by atoms with Crippen molar-refractivity contribution in [2.45, 2.75) is 53.3 Å². The zero-order valence-electron chi connectivity index (χ0n) is 19.8. The number of pyridine rings is 1. The molecule has 0 bridgehead atoms. The minimum Gasteiger partial charge on any atom is -0.479 e. The average Bonchev–Trinajstić information content (AvgIpc) is 3.64. The van der Waals surface area contributed by atoms with E-state index >= 15 is 0 Å². The number of carbonyl (C=O) groups is 1. The van der Waals surface area contributed by atoms with E-state index in [0.29, 0.717) is 28.8 Å². The molecule has 4 nitrogen and oxygen atoms in total. The monoisotopic (exact) mass is 547 g/mol. The van der Waals surface area contributed by atoms with Gasteiger partial charge < -0.3 is 5.11 Å². The highest BCUT2D eigenvalue weighted by atomic mass is 35.5. The van der Waals surface area contributed by atoms with E-state index in [4.69, 9.17) is 23.2 Å². The van der Waals surface area contributed by atoms with Crippen LogP contribution in [0, 0.1) is 0 Å². The van der Waals surface area contributed by atoms with Crippen molar-refractivity contribution in [1.82, 2.24) is 4.57 Å². The zero-order valence-corrected chi connectivity index (χ0v) is 22.1. The first-order valence-corrected chi connectivity index (χ1v) is 14.1. The van der Waals surface area contributed by atoms with Gasteiger partial charge in [0.25, 0.3) is 5.56 Å². The van der Waals surface area contributed by atoms with Crippen LogP contribution in [0.5, 0.6) is 0 Å². The summed E-state index contributed by atoms with van der Waals surface area (Å²) in [7, 11) is 0. The molecule has 0 saturated heterocycles. The Labute approximate surface area is 228 Å². The predicted molar refractivity (Wildman–Crippen MR) is 149 cm³/mol. The summed E-state index contributed by atoms with van der Waals surface area (Å²) in [4.78, 5) is 26.5. The van der Waals surface area contributed by atoms with Crippen molar-refractivity contribution in [1.29, 1.82) is 0 Å². The average molecular weight is 548 g/mol. The smallest absolute Gasteiger partial charge is 0.331 e. The van der Waals surface area contributed by atoms with E-state index in [0.717, 1.165) is 34.6 Å². The molecule has 1 aromatic heterocycles. The van der Waals surface area contributed by atoms with Crippen LogP contribution < -0.4 is 5.56 Å². The molecule has 3 aromatic carbocycles. The third-order valence-corrected chi connectivity index (χ3v) is 10.3. The topological polar surface area (TPSA) is 59.3 Å². The molecular weight excluding hydrogens is 525 g/mol. The number of carboxylic acids is 1. The molecule has 7 rings (SSSR count). The van der Waals surface area contributed by atoms with Crippen LogP contribution in [-0.2, 0) is 16.8 Å². The fraction of sp³-hybridized carbons (Fsp3) is 0.267. The zero-order chi connectivity index (χ0) is 25.5. The van der Waals surface area contributed by atoms with Gasteiger partial charge in [0.1, 0.15) is 0 Å². The van der Waals surface area contributed by atoms with Gasteiger partial charge in [0.15, 0.2) is 5.54 Å². The number of hydrogen-bond acceptors (Lipinski definition) is 3. The molecule has 2 heterocycles. The first kappa shape index (κ1) is 23.4. The molecule has 2 unspecified atom stereocenters. The number of nitrogens with zero attached hydrogens (tertiary/aromatic N) is 1. The van der Waals surface area contributed by atoms with Gasteiger partial charge in [-0.1, -0.05) is 65.7 Å². The first-order valence-electron chi connectivity index (χ1n) is 12.5. The molecule has 1 aliphatic heterocycles. The Bertz CT molecular complexity index is 1650. The largest absolute Gasteiger partial charge is 0.479 e. The highest BCUT2D eigenvalue weighted by molar-refractivity contribution is 8.00. The number of carboxylic acid groups (broad SMARTS) is 1. The molecule has 2 fully saturated rings. The van der Waals surface area contributed by atoms with Crippen LogP contribution in [0.1, 0.15) is 53.4 Å².